The van der Waals surface area contributed by atoms with Gasteiger partial charge in [0, 0.05) is 18.3 Å². The predicted molar refractivity (Wildman–Crippen MR) is 140 cm³/mol. The van der Waals surface area contributed by atoms with Gasteiger partial charge in [-0.05, 0) is 112 Å². The fourth-order valence-electron chi connectivity index (χ4n) is 7.22. The number of nitrogens with one attached hydrogen (secondary N) is 2. The van der Waals surface area contributed by atoms with E-state index in [9.17, 15) is 4.79 Å². The number of anilines is 1. The number of benzene rings is 2. The molecule has 4 bridgehead atoms. The second-order valence-electron chi connectivity index (χ2n) is 11.3. The zero-order valence-electron chi connectivity index (χ0n) is 21.4. The molecule has 5 nitrogen and oxygen atoms in total. The Labute approximate surface area is 210 Å². The van der Waals surface area contributed by atoms with Crippen molar-refractivity contribution in [1.29, 1.82) is 0 Å². The summed E-state index contributed by atoms with van der Waals surface area (Å²) in [4.78, 5) is 12.4. The minimum absolute atomic E-state index is 0.0609. The summed E-state index contributed by atoms with van der Waals surface area (Å²) >= 11 is 0. The molecule has 0 saturated heterocycles. The Morgan fingerprint density at radius 2 is 1.63 bits per heavy atom. The number of hydrogen-bond donors (Lipinski definition) is 2. The van der Waals surface area contributed by atoms with Gasteiger partial charge in [0.15, 0.2) is 18.1 Å². The largest absolute Gasteiger partial charge is 0.490 e. The van der Waals surface area contributed by atoms with Gasteiger partial charge in [-0.15, -0.1) is 0 Å². The van der Waals surface area contributed by atoms with E-state index in [0.717, 1.165) is 35.5 Å². The van der Waals surface area contributed by atoms with Crippen LogP contribution in [0, 0.1) is 30.1 Å². The van der Waals surface area contributed by atoms with Crippen molar-refractivity contribution >= 4 is 11.6 Å². The van der Waals surface area contributed by atoms with Crippen LogP contribution in [-0.2, 0) is 11.3 Å². The Morgan fingerprint density at radius 3 is 2.26 bits per heavy atom. The van der Waals surface area contributed by atoms with Crippen LogP contribution in [0.1, 0.15) is 63.5 Å². The fourth-order valence-corrected chi connectivity index (χ4v) is 7.22. The Bertz CT molecular complexity index is 997. The molecule has 4 aliphatic carbocycles. The van der Waals surface area contributed by atoms with Crippen molar-refractivity contribution in [3.63, 3.8) is 0 Å². The molecular formula is C30H40N2O3. The molecule has 2 aromatic rings. The van der Waals surface area contributed by atoms with Gasteiger partial charge in [-0.3, -0.25) is 4.79 Å². The highest BCUT2D eigenvalue weighted by molar-refractivity contribution is 5.91. The summed E-state index contributed by atoms with van der Waals surface area (Å²) in [6.07, 6.45) is 8.68. The number of rotatable bonds is 10. The molecule has 5 heteroatoms. The van der Waals surface area contributed by atoms with Crippen LogP contribution in [0.4, 0.5) is 5.69 Å². The van der Waals surface area contributed by atoms with Crippen molar-refractivity contribution in [1.82, 2.24) is 5.32 Å². The van der Waals surface area contributed by atoms with Crippen molar-refractivity contribution in [3.05, 3.63) is 53.6 Å². The minimum Gasteiger partial charge on any atom is -0.490 e. The van der Waals surface area contributed by atoms with E-state index >= 15 is 0 Å². The van der Waals surface area contributed by atoms with E-state index in [1.54, 1.807) is 0 Å². The molecule has 1 atom stereocenters. The van der Waals surface area contributed by atoms with Crippen LogP contribution in [-0.4, -0.2) is 25.2 Å². The molecule has 4 fully saturated rings. The summed E-state index contributed by atoms with van der Waals surface area (Å²) in [6.45, 7) is 7.69. The van der Waals surface area contributed by atoms with Gasteiger partial charge in [0.2, 0.25) is 0 Å². The maximum absolute atomic E-state index is 12.4. The number of amides is 1. The Morgan fingerprint density at radius 1 is 0.971 bits per heavy atom. The van der Waals surface area contributed by atoms with Crippen molar-refractivity contribution < 1.29 is 14.3 Å². The lowest BCUT2D eigenvalue weighted by molar-refractivity contribution is -0.118. The fraction of sp³-hybridized carbons (Fsp3) is 0.567. The highest BCUT2D eigenvalue weighted by Gasteiger charge is 2.52. The average molecular weight is 477 g/mol. The summed E-state index contributed by atoms with van der Waals surface area (Å²) in [5.74, 6) is 4.01. The van der Waals surface area contributed by atoms with Gasteiger partial charge < -0.3 is 20.1 Å². The maximum atomic E-state index is 12.4. The van der Waals surface area contributed by atoms with Crippen molar-refractivity contribution in [2.24, 2.45) is 23.2 Å². The molecule has 0 aromatic heterocycles. The summed E-state index contributed by atoms with van der Waals surface area (Å²) in [6, 6.07) is 14.3. The number of carbonyl (C=O) groups is 1. The first-order valence-corrected chi connectivity index (χ1v) is 13.4. The lowest BCUT2D eigenvalue weighted by atomic mass is 9.48. The van der Waals surface area contributed by atoms with Gasteiger partial charge in [-0.25, -0.2) is 0 Å². The molecular weight excluding hydrogens is 436 g/mol. The van der Waals surface area contributed by atoms with Gasteiger partial charge in [-0.2, -0.15) is 0 Å². The van der Waals surface area contributed by atoms with Crippen LogP contribution in [0.3, 0.4) is 0 Å². The van der Waals surface area contributed by atoms with E-state index < -0.39 is 0 Å². The summed E-state index contributed by atoms with van der Waals surface area (Å²) < 4.78 is 11.7. The molecule has 0 heterocycles. The third-order valence-corrected chi connectivity index (χ3v) is 8.62. The second-order valence-corrected chi connectivity index (χ2v) is 11.3. The Kier molecular flexibility index (Phi) is 7.06. The molecule has 188 valence electrons. The minimum atomic E-state index is -0.188. The lowest BCUT2D eigenvalue weighted by Gasteiger charge is -2.59. The first-order chi connectivity index (χ1) is 16.9. The molecule has 0 aliphatic heterocycles. The monoisotopic (exact) mass is 476 g/mol. The highest BCUT2D eigenvalue weighted by atomic mass is 16.5. The topological polar surface area (TPSA) is 59.6 Å². The Hall–Kier alpha value is -2.53. The molecule has 1 amide bonds. The molecule has 2 N–H and O–H groups in total. The van der Waals surface area contributed by atoms with E-state index in [4.69, 9.17) is 9.47 Å². The second kappa shape index (κ2) is 10.2. The normalized spacial score (nSPS) is 27.5. The molecule has 0 radical (unpaired) electrons. The molecule has 0 spiro atoms. The summed E-state index contributed by atoms with van der Waals surface area (Å²) in [7, 11) is 0. The molecule has 4 aliphatic rings. The van der Waals surface area contributed by atoms with Crippen molar-refractivity contribution in [2.45, 2.75) is 71.9 Å². The number of ether oxygens (including phenoxy) is 2. The third-order valence-electron chi connectivity index (χ3n) is 8.62. The van der Waals surface area contributed by atoms with Crippen LogP contribution in [0.15, 0.2) is 42.5 Å². The van der Waals surface area contributed by atoms with Gasteiger partial charge >= 0.3 is 0 Å². The highest BCUT2D eigenvalue weighted by Crippen LogP contribution is 2.61. The van der Waals surface area contributed by atoms with E-state index in [-0.39, 0.29) is 12.5 Å². The molecule has 1 unspecified atom stereocenters. The van der Waals surface area contributed by atoms with Gasteiger partial charge in [0.25, 0.3) is 5.91 Å². The average Bonchev–Trinajstić information content (AvgIpc) is 2.83. The first kappa shape index (κ1) is 24.2. The van der Waals surface area contributed by atoms with Gasteiger partial charge in [0.1, 0.15) is 0 Å². The molecule has 35 heavy (non-hydrogen) atoms. The van der Waals surface area contributed by atoms with E-state index in [1.165, 1.54) is 44.1 Å². The maximum Gasteiger partial charge on any atom is 0.262 e. The van der Waals surface area contributed by atoms with Crippen LogP contribution in [0.25, 0.3) is 0 Å². The van der Waals surface area contributed by atoms with Crippen LogP contribution < -0.4 is 20.1 Å². The third kappa shape index (κ3) is 5.50. The first-order valence-electron chi connectivity index (χ1n) is 13.4. The predicted octanol–water partition coefficient (Wildman–Crippen LogP) is 6.11. The van der Waals surface area contributed by atoms with E-state index in [1.807, 2.05) is 44.2 Å². The van der Waals surface area contributed by atoms with Crippen LogP contribution in [0.2, 0.25) is 0 Å². The number of aryl methyl sites for hydroxylation is 1. The summed E-state index contributed by atoms with van der Waals surface area (Å²) in [5, 5.41) is 6.74. The molecule has 6 rings (SSSR count). The molecule has 4 saturated carbocycles. The van der Waals surface area contributed by atoms with E-state index in [0.29, 0.717) is 29.6 Å². The number of carbonyl (C=O) groups excluding carboxylic acids is 1. The lowest BCUT2D eigenvalue weighted by Crippen LogP contribution is -2.54. The number of hydrogen-bond acceptors (Lipinski definition) is 4. The molecule has 2 aromatic carbocycles. The van der Waals surface area contributed by atoms with E-state index in [2.05, 4.69) is 29.7 Å². The SMILES string of the molecule is CCOc1cc(CNC(C)C23CC4CC(CC(C4)C2)C3)ccc1OCC(=O)Nc1ccc(C)cc1. The van der Waals surface area contributed by atoms with Crippen LogP contribution >= 0.6 is 0 Å². The van der Waals surface area contributed by atoms with Gasteiger partial charge in [-0.1, -0.05) is 23.8 Å². The zero-order valence-corrected chi connectivity index (χ0v) is 21.4. The Balaban J connectivity index is 1.17. The van der Waals surface area contributed by atoms with Crippen molar-refractivity contribution in [2.75, 3.05) is 18.5 Å². The van der Waals surface area contributed by atoms with Gasteiger partial charge in [0.05, 0.1) is 6.61 Å². The van der Waals surface area contributed by atoms with Crippen molar-refractivity contribution in [3.8, 4) is 11.5 Å². The van der Waals surface area contributed by atoms with Crippen LogP contribution in [0.5, 0.6) is 11.5 Å². The zero-order chi connectivity index (χ0) is 24.4. The standard InChI is InChI=1S/C30H40N2O3/c1-4-34-28-14-22(7-10-27(28)35-19-29(33)32-26-8-5-20(2)6-9-26)18-31-21(3)30-15-23-11-24(16-30)13-25(12-23)17-30/h5-10,14,21,23-25,31H,4,11-13,15-19H2,1-3H3,(H,32,33). The quantitative estimate of drug-likeness (QED) is 0.435. The summed E-state index contributed by atoms with van der Waals surface area (Å²) in [5.41, 5.74) is 3.60. The smallest absolute Gasteiger partial charge is 0.262 e.